The van der Waals surface area contributed by atoms with Crippen molar-refractivity contribution in [3.8, 4) is 5.75 Å². The molecule has 0 radical (unpaired) electrons. The molecule has 0 spiro atoms. The first-order valence-electron chi connectivity index (χ1n) is 7.26. The van der Waals surface area contributed by atoms with Gasteiger partial charge < -0.3 is 19.9 Å². The standard InChI is InChI=1S/C16H21N3O3/c1-11(2)21-14-6-4-13(5-7-14)18-16(20)8-9-17-15-10-12(3)22-19-15/h4-7,10-11H,8-9H2,1-3H3,(H,17,19)(H,18,20). The van der Waals surface area contributed by atoms with Crippen LogP contribution in [0.25, 0.3) is 0 Å². The molecule has 118 valence electrons. The Morgan fingerprint density at radius 1 is 1.32 bits per heavy atom. The minimum atomic E-state index is -0.0646. The average Bonchev–Trinajstić information content (AvgIpc) is 2.86. The van der Waals surface area contributed by atoms with E-state index in [1.807, 2.05) is 45.0 Å². The van der Waals surface area contributed by atoms with E-state index in [4.69, 9.17) is 9.26 Å². The van der Waals surface area contributed by atoms with Crippen molar-refractivity contribution in [2.24, 2.45) is 0 Å². The number of aryl methyl sites for hydroxylation is 1. The Bertz CT molecular complexity index is 605. The fraction of sp³-hybridized carbons (Fsp3) is 0.375. The van der Waals surface area contributed by atoms with Gasteiger partial charge in [-0.1, -0.05) is 5.16 Å². The summed E-state index contributed by atoms with van der Waals surface area (Å²) in [6, 6.07) is 9.11. The van der Waals surface area contributed by atoms with Crippen LogP contribution in [-0.2, 0) is 4.79 Å². The molecule has 6 heteroatoms. The van der Waals surface area contributed by atoms with Gasteiger partial charge in [-0.3, -0.25) is 4.79 Å². The first-order chi connectivity index (χ1) is 10.5. The number of carbonyl (C=O) groups is 1. The molecule has 2 rings (SSSR count). The monoisotopic (exact) mass is 303 g/mol. The van der Waals surface area contributed by atoms with Crippen molar-refractivity contribution < 1.29 is 14.1 Å². The van der Waals surface area contributed by atoms with Crippen LogP contribution in [0.5, 0.6) is 5.75 Å². The molecule has 0 aliphatic heterocycles. The highest BCUT2D eigenvalue weighted by atomic mass is 16.5. The molecule has 0 aliphatic carbocycles. The molecule has 22 heavy (non-hydrogen) atoms. The molecule has 0 bridgehead atoms. The van der Waals surface area contributed by atoms with Crippen molar-refractivity contribution in [1.82, 2.24) is 5.16 Å². The SMILES string of the molecule is Cc1cc(NCCC(=O)Nc2ccc(OC(C)C)cc2)no1. The predicted molar refractivity (Wildman–Crippen MR) is 85.2 cm³/mol. The summed E-state index contributed by atoms with van der Waals surface area (Å²) in [6.07, 6.45) is 0.475. The molecule has 0 saturated carbocycles. The molecule has 0 fully saturated rings. The number of rotatable bonds is 7. The third-order valence-corrected chi connectivity index (χ3v) is 2.80. The van der Waals surface area contributed by atoms with Crippen molar-refractivity contribution in [1.29, 1.82) is 0 Å². The van der Waals surface area contributed by atoms with E-state index in [1.54, 1.807) is 6.07 Å². The summed E-state index contributed by atoms with van der Waals surface area (Å²) in [4.78, 5) is 11.8. The van der Waals surface area contributed by atoms with Gasteiger partial charge in [0.05, 0.1) is 6.10 Å². The fourth-order valence-electron chi connectivity index (χ4n) is 1.87. The molecular weight excluding hydrogens is 282 g/mol. The van der Waals surface area contributed by atoms with E-state index in [-0.39, 0.29) is 12.0 Å². The van der Waals surface area contributed by atoms with E-state index < -0.39 is 0 Å². The summed E-state index contributed by atoms with van der Waals surface area (Å²) >= 11 is 0. The Morgan fingerprint density at radius 3 is 2.64 bits per heavy atom. The zero-order chi connectivity index (χ0) is 15.9. The second-order valence-electron chi connectivity index (χ2n) is 5.24. The summed E-state index contributed by atoms with van der Waals surface area (Å²) in [7, 11) is 0. The van der Waals surface area contributed by atoms with Gasteiger partial charge in [0, 0.05) is 24.7 Å². The molecule has 2 aromatic rings. The lowest BCUT2D eigenvalue weighted by atomic mass is 10.3. The Balaban J connectivity index is 1.74. The molecule has 2 N–H and O–H groups in total. The van der Waals surface area contributed by atoms with Crippen LogP contribution in [-0.4, -0.2) is 23.7 Å². The van der Waals surface area contributed by atoms with Gasteiger partial charge in [-0.05, 0) is 45.0 Å². The van der Waals surface area contributed by atoms with Gasteiger partial charge >= 0.3 is 0 Å². The molecule has 0 atom stereocenters. The van der Waals surface area contributed by atoms with Crippen molar-refractivity contribution >= 4 is 17.4 Å². The smallest absolute Gasteiger partial charge is 0.226 e. The van der Waals surface area contributed by atoms with Crippen LogP contribution in [0.4, 0.5) is 11.5 Å². The Labute approximate surface area is 129 Å². The summed E-state index contributed by atoms with van der Waals surface area (Å²) in [5.41, 5.74) is 0.749. The minimum Gasteiger partial charge on any atom is -0.491 e. The van der Waals surface area contributed by atoms with Crippen molar-refractivity contribution in [3.63, 3.8) is 0 Å². The summed E-state index contributed by atoms with van der Waals surface area (Å²) in [5, 5.41) is 9.66. The Kier molecular flexibility index (Phi) is 5.41. The van der Waals surface area contributed by atoms with Gasteiger partial charge in [0.1, 0.15) is 11.5 Å². The lowest BCUT2D eigenvalue weighted by Crippen LogP contribution is -2.16. The topological polar surface area (TPSA) is 76.4 Å². The second-order valence-corrected chi connectivity index (χ2v) is 5.24. The van der Waals surface area contributed by atoms with Gasteiger partial charge in [0.25, 0.3) is 0 Å². The number of carbonyl (C=O) groups excluding carboxylic acids is 1. The maximum Gasteiger partial charge on any atom is 0.226 e. The number of anilines is 2. The average molecular weight is 303 g/mol. The molecule has 1 aromatic heterocycles. The van der Waals surface area contributed by atoms with Gasteiger partial charge in [0.15, 0.2) is 5.82 Å². The lowest BCUT2D eigenvalue weighted by Gasteiger charge is -2.10. The molecule has 0 saturated heterocycles. The lowest BCUT2D eigenvalue weighted by molar-refractivity contribution is -0.115. The zero-order valence-corrected chi connectivity index (χ0v) is 13.1. The molecular formula is C16H21N3O3. The van der Waals surface area contributed by atoms with Gasteiger partial charge in [-0.15, -0.1) is 0 Å². The maximum atomic E-state index is 11.8. The number of nitrogens with zero attached hydrogens (tertiary/aromatic N) is 1. The second kappa shape index (κ2) is 7.49. The molecule has 0 unspecified atom stereocenters. The van der Waals surface area contributed by atoms with Crippen LogP contribution in [0.1, 0.15) is 26.0 Å². The normalized spacial score (nSPS) is 10.5. The van der Waals surface area contributed by atoms with Gasteiger partial charge in [-0.25, -0.2) is 0 Å². The first kappa shape index (κ1) is 15.9. The molecule has 6 nitrogen and oxygen atoms in total. The third-order valence-electron chi connectivity index (χ3n) is 2.80. The van der Waals surface area contributed by atoms with E-state index in [0.717, 1.165) is 17.2 Å². The fourth-order valence-corrected chi connectivity index (χ4v) is 1.87. The molecule has 1 heterocycles. The highest BCUT2D eigenvalue weighted by Crippen LogP contribution is 2.17. The number of amides is 1. The molecule has 1 amide bonds. The van der Waals surface area contributed by atoms with Crippen LogP contribution in [0.2, 0.25) is 0 Å². The number of nitrogens with one attached hydrogen (secondary N) is 2. The van der Waals surface area contributed by atoms with Gasteiger partial charge in [0.2, 0.25) is 5.91 Å². The maximum absolute atomic E-state index is 11.8. The van der Waals surface area contributed by atoms with Crippen molar-refractivity contribution in [3.05, 3.63) is 36.1 Å². The quantitative estimate of drug-likeness (QED) is 0.821. The summed E-state index contributed by atoms with van der Waals surface area (Å²) in [6.45, 7) is 6.25. The molecule has 0 aliphatic rings. The molecule has 1 aromatic carbocycles. The summed E-state index contributed by atoms with van der Waals surface area (Å²) < 4.78 is 10.5. The Morgan fingerprint density at radius 2 is 2.05 bits per heavy atom. The van der Waals surface area contributed by atoms with Crippen molar-refractivity contribution in [2.75, 3.05) is 17.2 Å². The van der Waals surface area contributed by atoms with E-state index >= 15 is 0 Å². The highest BCUT2D eigenvalue weighted by Gasteiger charge is 2.04. The van der Waals surface area contributed by atoms with E-state index in [0.29, 0.717) is 18.8 Å². The predicted octanol–water partition coefficient (Wildman–Crippen LogP) is 3.21. The number of hydrogen-bond donors (Lipinski definition) is 2. The first-order valence-corrected chi connectivity index (χ1v) is 7.26. The minimum absolute atomic E-state index is 0.0646. The van der Waals surface area contributed by atoms with E-state index in [2.05, 4.69) is 15.8 Å². The Hall–Kier alpha value is -2.50. The highest BCUT2D eigenvalue weighted by molar-refractivity contribution is 5.91. The van der Waals surface area contributed by atoms with Crippen molar-refractivity contribution in [2.45, 2.75) is 33.3 Å². The largest absolute Gasteiger partial charge is 0.491 e. The van der Waals surface area contributed by atoms with Crippen LogP contribution in [0, 0.1) is 6.92 Å². The number of benzene rings is 1. The zero-order valence-electron chi connectivity index (χ0n) is 13.1. The van der Waals surface area contributed by atoms with Crippen LogP contribution >= 0.6 is 0 Å². The number of ether oxygens (including phenoxy) is 1. The van der Waals surface area contributed by atoms with Crippen LogP contribution in [0.3, 0.4) is 0 Å². The number of aromatic nitrogens is 1. The van der Waals surface area contributed by atoms with Crippen LogP contribution in [0.15, 0.2) is 34.9 Å². The third kappa shape index (κ3) is 5.12. The van der Waals surface area contributed by atoms with Gasteiger partial charge in [-0.2, -0.15) is 0 Å². The summed E-state index contributed by atoms with van der Waals surface area (Å²) in [5.74, 6) is 2.09. The van der Waals surface area contributed by atoms with Crippen LogP contribution < -0.4 is 15.4 Å². The van der Waals surface area contributed by atoms with E-state index in [1.165, 1.54) is 0 Å². The number of hydrogen-bond acceptors (Lipinski definition) is 5. The van der Waals surface area contributed by atoms with E-state index in [9.17, 15) is 4.79 Å².